The number of nitrogens with one attached hydrogen (secondary N) is 1. The molecular weight excluding hydrogens is 260 g/mol. The van der Waals surface area contributed by atoms with E-state index in [-0.39, 0.29) is 11.8 Å². The minimum absolute atomic E-state index is 0.0269. The van der Waals surface area contributed by atoms with Gasteiger partial charge in [0.2, 0.25) is 0 Å². The third kappa shape index (κ3) is 4.79. The summed E-state index contributed by atoms with van der Waals surface area (Å²) in [5, 5.41) is 20.9. The lowest BCUT2D eigenvalue weighted by atomic mass is 10.2. The molecule has 1 aromatic carbocycles. The summed E-state index contributed by atoms with van der Waals surface area (Å²) in [4.78, 5) is 24.2. The lowest BCUT2D eigenvalue weighted by Crippen LogP contribution is -2.46. The number of anilines is 1. The molecule has 0 radical (unpaired) electrons. The minimum atomic E-state index is -1.10. The molecule has 1 unspecified atom stereocenters. The maximum atomic E-state index is 12.1. The van der Waals surface area contributed by atoms with E-state index in [1.54, 1.807) is 0 Å². The number of carbonyl (C=O) groups is 2. The second-order valence-corrected chi connectivity index (χ2v) is 4.64. The van der Waals surface area contributed by atoms with E-state index >= 15 is 0 Å². The molecule has 0 saturated carbocycles. The summed E-state index contributed by atoms with van der Waals surface area (Å²) in [5.41, 5.74) is 0.423. The summed E-state index contributed by atoms with van der Waals surface area (Å²) in [6.07, 6.45) is 1.75. The number of hydrogen-bond donors (Lipinski definition) is 3. The number of urea groups is 1. The van der Waals surface area contributed by atoms with Crippen LogP contribution in [0.15, 0.2) is 24.3 Å². The number of hydrogen-bond acceptors (Lipinski definition) is 3. The van der Waals surface area contributed by atoms with Crippen LogP contribution in [-0.4, -0.2) is 34.8 Å². The van der Waals surface area contributed by atoms with Gasteiger partial charge in [0, 0.05) is 11.7 Å². The van der Waals surface area contributed by atoms with Crippen LogP contribution in [0.2, 0.25) is 0 Å². The molecule has 3 N–H and O–H groups in total. The summed E-state index contributed by atoms with van der Waals surface area (Å²) < 4.78 is 0. The van der Waals surface area contributed by atoms with Crippen molar-refractivity contribution in [2.24, 2.45) is 0 Å². The van der Waals surface area contributed by atoms with Crippen LogP contribution in [-0.2, 0) is 4.79 Å². The number of phenolic OH excluding ortho intramolecular Hbond substituents is 1. The molecule has 0 aliphatic rings. The van der Waals surface area contributed by atoms with E-state index < -0.39 is 18.5 Å². The highest BCUT2D eigenvalue weighted by Gasteiger charge is 2.20. The highest BCUT2D eigenvalue weighted by molar-refractivity contribution is 5.96. The normalized spacial score (nSPS) is 11.7. The highest BCUT2D eigenvalue weighted by atomic mass is 16.4. The van der Waals surface area contributed by atoms with Gasteiger partial charge in [-0.2, -0.15) is 0 Å². The molecule has 0 fully saturated rings. The Morgan fingerprint density at radius 2 is 1.90 bits per heavy atom. The zero-order chi connectivity index (χ0) is 15.1. The molecule has 2 amide bonds. The van der Waals surface area contributed by atoms with Crippen LogP contribution in [0.1, 0.15) is 26.7 Å². The predicted octanol–water partition coefficient (Wildman–Crippen LogP) is 2.18. The number of rotatable bonds is 6. The molecule has 0 aliphatic heterocycles. The Labute approximate surface area is 118 Å². The van der Waals surface area contributed by atoms with Crippen molar-refractivity contribution in [2.45, 2.75) is 32.7 Å². The van der Waals surface area contributed by atoms with Crippen molar-refractivity contribution in [3.63, 3.8) is 0 Å². The van der Waals surface area contributed by atoms with Crippen molar-refractivity contribution in [1.29, 1.82) is 0 Å². The molecule has 1 rings (SSSR count). The first-order chi connectivity index (χ1) is 9.43. The molecule has 0 heterocycles. The molecule has 0 aromatic heterocycles. The van der Waals surface area contributed by atoms with Crippen molar-refractivity contribution in [1.82, 2.24) is 5.32 Å². The standard InChI is InChI=1S/C14H20N2O4/c1-3-4-10(2)15-14(20)16(9-13(18)19)11-5-7-12(17)8-6-11/h5-8,10,17H,3-4,9H2,1-2H3,(H,15,20)(H,18,19). The molecule has 6 nitrogen and oxygen atoms in total. The van der Waals surface area contributed by atoms with Gasteiger partial charge in [-0.25, -0.2) is 4.79 Å². The van der Waals surface area contributed by atoms with E-state index in [9.17, 15) is 14.7 Å². The Bertz CT molecular complexity index is 459. The average Bonchev–Trinajstić information content (AvgIpc) is 2.37. The third-order valence-corrected chi connectivity index (χ3v) is 2.79. The van der Waals surface area contributed by atoms with Gasteiger partial charge in [0.25, 0.3) is 0 Å². The van der Waals surface area contributed by atoms with Gasteiger partial charge in [-0.15, -0.1) is 0 Å². The Morgan fingerprint density at radius 3 is 2.40 bits per heavy atom. The Kier molecular flexibility index (Phi) is 5.83. The molecule has 0 saturated heterocycles. The number of aliphatic carboxylic acids is 1. The van der Waals surface area contributed by atoms with Crippen molar-refractivity contribution < 1.29 is 19.8 Å². The zero-order valence-electron chi connectivity index (χ0n) is 11.7. The molecule has 0 aliphatic carbocycles. The van der Waals surface area contributed by atoms with Crippen LogP contribution in [0.4, 0.5) is 10.5 Å². The summed E-state index contributed by atoms with van der Waals surface area (Å²) in [6.45, 7) is 3.45. The smallest absolute Gasteiger partial charge is 0.323 e. The van der Waals surface area contributed by atoms with Gasteiger partial charge in [-0.1, -0.05) is 13.3 Å². The van der Waals surface area contributed by atoms with Crippen molar-refractivity contribution in [3.8, 4) is 5.75 Å². The second kappa shape index (κ2) is 7.37. The van der Waals surface area contributed by atoms with Crippen LogP contribution in [0.5, 0.6) is 5.75 Å². The van der Waals surface area contributed by atoms with Gasteiger partial charge < -0.3 is 15.5 Å². The quantitative estimate of drug-likeness (QED) is 0.745. The topological polar surface area (TPSA) is 89.9 Å². The zero-order valence-corrected chi connectivity index (χ0v) is 11.7. The first-order valence-corrected chi connectivity index (χ1v) is 6.53. The summed E-state index contributed by atoms with van der Waals surface area (Å²) in [5.74, 6) is -1.04. The first-order valence-electron chi connectivity index (χ1n) is 6.53. The summed E-state index contributed by atoms with van der Waals surface area (Å²) >= 11 is 0. The van der Waals surface area contributed by atoms with Gasteiger partial charge in [-0.3, -0.25) is 9.69 Å². The minimum Gasteiger partial charge on any atom is -0.508 e. The monoisotopic (exact) mass is 280 g/mol. The van der Waals surface area contributed by atoms with E-state index in [1.165, 1.54) is 24.3 Å². The number of benzene rings is 1. The summed E-state index contributed by atoms with van der Waals surface area (Å²) in [7, 11) is 0. The van der Waals surface area contributed by atoms with Crippen LogP contribution in [0.25, 0.3) is 0 Å². The molecule has 0 spiro atoms. The number of carboxylic acids is 1. The van der Waals surface area contributed by atoms with E-state index in [2.05, 4.69) is 5.32 Å². The fourth-order valence-corrected chi connectivity index (χ4v) is 1.84. The van der Waals surface area contributed by atoms with Crippen molar-refractivity contribution >= 4 is 17.7 Å². The largest absolute Gasteiger partial charge is 0.508 e. The number of amides is 2. The van der Waals surface area contributed by atoms with Crippen LogP contribution in [0, 0.1) is 0 Å². The van der Waals surface area contributed by atoms with E-state index in [1.807, 2.05) is 13.8 Å². The molecule has 1 aromatic rings. The number of nitrogens with zero attached hydrogens (tertiary/aromatic N) is 1. The molecule has 110 valence electrons. The third-order valence-electron chi connectivity index (χ3n) is 2.79. The molecule has 0 bridgehead atoms. The fraction of sp³-hybridized carbons (Fsp3) is 0.429. The maximum Gasteiger partial charge on any atom is 0.323 e. The lowest BCUT2D eigenvalue weighted by molar-refractivity contribution is -0.135. The summed E-state index contributed by atoms with van der Waals surface area (Å²) in [6, 6.07) is 5.34. The molecule has 20 heavy (non-hydrogen) atoms. The Hall–Kier alpha value is -2.24. The van der Waals surface area contributed by atoms with Gasteiger partial charge in [0.15, 0.2) is 0 Å². The van der Waals surface area contributed by atoms with Crippen LogP contribution < -0.4 is 10.2 Å². The highest BCUT2D eigenvalue weighted by Crippen LogP contribution is 2.18. The second-order valence-electron chi connectivity index (χ2n) is 4.64. The van der Waals surface area contributed by atoms with Crippen molar-refractivity contribution in [2.75, 3.05) is 11.4 Å². The van der Waals surface area contributed by atoms with Gasteiger partial charge in [0.05, 0.1) is 0 Å². The van der Waals surface area contributed by atoms with Gasteiger partial charge >= 0.3 is 12.0 Å². The fourth-order valence-electron chi connectivity index (χ4n) is 1.84. The van der Waals surface area contributed by atoms with Gasteiger partial charge in [0.1, 0.15) is 12.3 Å². The van der Waals surface area contributed by atoms with E-state index in [0.29, 0.717) is 5.69 Å². The SMILES string of the molecule is CCCC(C)NC(=O)N(CC(=O)O)c1ccc(O)cc1. The molecule has 1 atom stereocenters. The Morgan fingerprint density at radius 1 is 1.30 bits per heavy atom. The average molecular weight is 280 g/mol. The lowest BCUT2D eigenvalue weighted by Gasteiger charge is -2.23. The maximum absolute atomic E-state index is 12.1. The van der Waals surface area contributed by atoms with E-state index in [0.717, 1.165) is 17.7 Å². The number of carboxylic acid groups (broad SMARTS) is 1. The van der Waals surface area contributed by atoms with Gasteiger partial charge in [-0.05, 0) is 37.6 Å². The number of aromatic hydroxyl groups is 1. The van der Waals surface area contributed by atoms with Crippen LogP contribution in [0.3, 0.4) is 0 Å². The van der Waals surface area contributed by atoms with E-state index in [4.69, 9.17) is 5.11 Å². The van der Waals surface area contributed by atoms with Crippen LogP contribution >= 0.6 is 0 Å². The number of carbonyl (C=O) groups excluding carboxylic acids is 1. The van der Waals surface area contributed by atoms with Crippen molar-refractivity contribution in [3.05, 3.63) is 24.3 Å². The molecule has 6 heteroatoms. The predicted molar refractivity (Wildman–Crippen MR) is 76.0 cm³/mol. The molecular formula is C14H20N2O4. The number of phenols is 1. The Balaban J connectivity index is 2.85. The first kappa shape index (κ1) is 15.8.